The van der Waals surface area contributed by atoms with Crippen LogP contribution in [0.1, 0.15) is 0 Å². The van der Waals surface area contributed by atoms with E-state index in [1.807, 2.05) is 4.90 Å². The maximum atomic E-state index is 15.1. The Bertz CT molecular complexity index is 1580. The van der Waals surface area contributed by atoms with Crippen molar-refractivity contribution in [3.8, 4) is 5.69 Å². The van der Waals surface area contributed by atoms with Gasteiger partial charge in [0.1, 0.15) is 23.3 Å². The largest absolute Gasteiger partial charge is 0.395 e. The summed E-state index contributed by atoms with van der Waals surface area (Å²) in [5, 5.41) is 14.9. The molecule has 1 aliphatic rings. The highest BCUT2D eigenvalue weighted by Gasteiger charge is 2.19. The predicted molar refractivity (Wildman–Crippen MR) is 145 cm³/mol. The Balaban J connectivity index is 1.40. The molecule has 1 amide bonds. The van der Waals surface area contributed by atoms with Crippen LogP contribution in [0.15, 0.2) is 66.5 Å². The Kier molecular flexibility index (Phi) is 7.52. The Morgan fingerprint density at radius 2 is 1.95 bits per heavy atom. The summed E-state index contributed by atoms with van der Waals surface area (Å²) in [6, 6.07) is 8.08. The van der Waals surface area contributed by atoms with Gasteiger partial charge in [0.25, 0.3) is 5.56 Å². The molecule has 1 aliphatic heterocycles. The number of aliphatic hydroxyl groups is 1. The van der Waals surface area contributed by atoms with E-state index in [-0.39, 0.29) is 35.2 Å². The third-order valence-electron chi connectivity index (χ3n) is 6.31. The fourth-order valence-corrected chi connectivity index (χ4v) is 4.33. The average molecular weight is 532 g/mol. The number of aliphatic hydroxyl groups excluding tert-OH is 1. The number of aromatic nitrogens is 5. The molecule has 0 unspecified atom stereocenters. The van der Waals surface area contributed by atoms with Crippen molar-refractivity contribution in [2.75, 3.05) is 54.9 Å². The molecule has 5 rings (SSSR count). The van der Waals surface area contributed by atoms with Crippen molar-refractivity contribution >= 4 is 40.1 Å². The molecule has 0 bridgehead atoms. The van der Waals surface area contributed by atoms with Gasteiger partial charge in [-0.2, -0.15) is 9.97 Å². The smallest absolute Gasteiger partial charge is 0.283 e. The maximum Gasteiger partial charge on any atom is 0.283 e. The molecule has 13 heteroatoms. The lowest BCUT2D eigenvalue weighted by molar-refractivity contribution is -0.111. The van der Waals surface area contributed by atoms with Gasteiger partial charge in [-0.1, -0.05) is 6.58 Å². The lowest BCUT2D eigenvalue weighted by atomic mass is 10.2. The Morgan fingerprint density at radius 3 is 2.69 bits per heavy atom. The number of piperazine rings is 1. The van der Waals surface area contributed by atoms with E-state index >= 15 is 4.39 Å². The number of hydrogen-bond acceptors (Lipinski definition) is 10. The molecular weight excluding hydrogens is 505 g/mol. The second kappa shape index (κ2) is 11.3. The van der Waals surface area contributed by atoms with Crippen LogP contribution in [0.5, 0.6) is 0 Å². The number of fused-ring (bicyclic) bond motifs is 1. The van der Waals surface area contributed by atoms with E-state index < -0.39 is 11.5 Å². The van der Waals surface area contributed by atoms with Crippen molar-refractivity contribution < 1.29 is 14.3 Å². The van der Waals surface area contributed by atoms with E-state index in [9.17, 15) is 9.59 Å². The van der Waals surface area contributed by atoms with Gasteiger partial charge in [-0.15, -0.1) is 0 Å². The number of carbonyl (C=O) groups excluding carboxylic acids is 1. The van der Waals surface area contributed by atoms with Crippen molar-refractivity contribution in [3.05, 3.63) is 77.9 Å². The first-order valence-corrected chi connectivity index (χ1v) is 12.2. The van der Waals surface area contributed by atoms with Crippen LogP contribution in [0, 0.1) is 5.82 Å². The summed E-state index contributed by atoms with van der Waals surface area (Å²) in [4.78, 5) is 44.9. The molecule has 4 aromatic rings. The first-order chi connectivity index (χ1) is 18.9. The van der Waals surface area contributed by atoms with Gasteiger partial charge in [-0.3, -0.25) is 19.1 Å². The maximum absolute atomic E-state index is 15.1. The van der Waals surface area contributed by atoms with Crippen molar-refractivity contribution in [1.82, 2.24) is 29.4 Å². The summed E-state index contributed by atoms with van der Waals surface area (Å²) in [5.41, 5.74) is 1.24. The van der Waals surface area contributed by atoms with Crippen molar-refractivity contribution in [1.29, 1.82) is 0 Å². The summed E-state index contributed by atoms with van der Waals surface area (Å²) in [5.74, 6) is -0.371. The summed E-state index contributed by atoms with van der Waals surface area (Å²) in [6.07, 6.45) is 5.30. The first-order valence-electron chi connectivity index (χ1n) is 12.2. The van der Waals surface area contributed by atoms with Gasteiger partial charge in [0.15, 0.2) is 5.65 Å². The number of carbonyl (C=O) groups is 1. The number of rotatable bonds is 8. The second-order valence-electron chi connectivity index (χ2n) is 8.79. The SMILES string of the molecule is C=CC(=O)Nc1cc(-n2cnc(=O)c3cnc(Nc4ccc(N5CCN(CCO)CC5)c(F)c4)nc32)ccn1. The van der Waals surface area contributed by atoms with Crippen LogP contribution < -0.4 is 21.1 Å². The molecule has 39 heavy (non-hydrogen) atoms. The number of β-amino-alcohol motifs (C(OH)–C–C–N with tert-alkyl or cyclic N) is 1. The van der Waals surface area contributed by atoms with Crippen LogP contribution in [0.2, 0.25) is 0 Å². The Morgan fingerprint density at radius 1 is 1.13 bits per heavy atom. The van der Waals surface area contributed by atoms with Crippen LogP contribution in [0.3, 0.4) is 0 Å². The van der Waals surface area contributed by atoms with E-state index in [2.05, 4.69) is 42.0 Å². The number of amides is 1. The fraction of sp³-hybridized carbons (Fsp3) is 0.231. The lowest BCUT2D eigenvalue weighted by Crippen LogP contribution is -2.47. The third kappa shape index (κ3) is 5.73. The minimum Gasteiger partial charge on any atom is -0.395 e. The molecule has 0 spiro atoms. The van der Waals surface area contributed by atoms with Gasteiger partial charge in [-0.05, 0) is 30.3 Å². The molecule has 0 radical (unpaired) electrons. The van der Waals surface area contributed by atoms with Gasteiger partial charge in [0, 0.05) is 56.9 Å². The molecule has 0 atom stereocenters. The molecule has 200 valence electrons. The standard InChI is InChI=1S/C26H26FN9O3/c1-2-23(38)32-22-14-18(5-6-28-22)36-16-30-25(39)19-15-29-26(33-24(19)36)31-17-3-4-21(20(27)13-17)35-9-7-34(8-10-35)11-12-37/h2-6,13-16,37H,1,7-12H2,(H,28,32,38)(H,29,31,33). The van der Waals surface area contributed by atoms with Gasteiger partial charge in [-0.25, -0.2) is 14.4 Å². The summed E-state index contributed by atoms with van der Waals surface area (Å²) < 4.78 is 16.6. The molecule has 12 nitrogen and oxygen atoms in total. The first kappa shape index (κ1) is 25.9. The lowest BCUT2D eigenvalue weighted by Gasteiger charge is -2.36. The van der Waals surface area contributed by atoms with Gasteiger partial charge in [0.2, 0.25) is 11.9 Å². The Hall–Kier alpha value is -4.75. The number of hydrogen-bond donors (Lipinski definition) is 3. The van der Waals surface area contributed by atoms with E-state index in [1.165, 1.54) is 24.8 Å². The second-order valence-corrected chi connectivity index (χ2v) is 8.79. The number of benzene rings is 1. The van der Waals surface area contributed by atoms with Crippen LogP contribution in [0.25, 0.3) is 16.7 Å². The molecule has 0 aliphatic carbocycles. The van der Waals surface area contributed by atoms with Crippen molar-refractivity contribution in [3.63, 3.8) is 0 Å². The quantitative estimate of drug-likeness (QED) is 0.288. The van der Waals surface area contributed by atoms with E-state index in [4.69, 9.17) is 5.11 Å². The van der Waals surface area contributed by atoms with Crippen LogP contribution in [-0.2, 0) is 4.79 Å². The summed E-state index contributed by atoms with van der Waals surface area (Å²) >= 11 is 0. The predicted octanol–water partition coefficient (Wildman–Crippen LogP) is 1.69. The van der Waals surface area contributed by atoms with Gasteiger partial charge < -0.3 is 20.6 Å². The summed E-state index contributed by atoms with van der Waals surface area (Å²) in [7, 11) is 0. The van der Waals surface area contributed by atoms with Crippen LogP contribution >= 0.6 is 0 Å². The number of nitrogens with one attached hydrogen (secondary N) is 2. The number of halogens is 1. The van der Waals surface area contributed by atoms with E-state index in [0.717, 1.165) is 19.2 Å². The molecule has 1 fully saturated rings. The highest BCUT2D eigenvalue weighted by atomic mass is 19.1. The fourth-order valence-electron chi connectivity index (χ4n) is 4.33. The molecular formula is C26H26FN9O3. The van der Waals surface area contributed by atoms with Gasteiger partial charge >= 0.3 is 0 Å². The topological polar surface area (TPSA) is 141 Å². The molecule has 0 saturated carbocycles. The monoisotopic (exact) mass is 531 g/mol. The highest BCUT2D eigenvalue weighted by molar-refractivity contribution is 5.98. The number of nitrogens with zero attached hydrogens (tertiary/aromatic N) is 7. The molecule has 1 saturated heterocycles. The summed E-state index contributed by atoms with van der Waals surface area (Å²) in [6.45, 7) is 6.98. The normalized spacial score (nSPS) is 13.8. The zero-order chi connectivity index (χ0) is 27.4. The zero-order valence-electron chi connectivity index (χ0n) is 20.9. The van der Waals surface area contributed by atoms with E-state index in [1.54, 1.807) is 28.8 Å². The number of anilines is 4. The highest BCUT2D eigenvalue weighted by Crippen LogP contribution is 2.26. The molecule has 3 N–H and O–H groups in total. The molecule has 4 heterocycles. The van der Waals surface area contributed by atoms with Crippen molar-refractivity contribution in [2.24, 2.45) is 0 Å². The molecule has 1 aromatic carbocycles. The zero-order valence-corrected chi connectivity index (χ0v) is 20.9. The molecule has 3 aromatic heterocycles. The van der Waals surface area contributed by atoms with Crippen LogP contribution in [-0.4, -0.2) is 79.7 Å². The third-order valence-corrected chi connectivity index (χ3v) is 6.31. The minimum absolute atomic E-state index is 0.107. The number of pyridine rings is 1. The van der Waals surface area contributed by atoms with E-state index in [0.29, 0.717) is 36.7 Å². The Labute approximate surface area is 222 Å². The van der Waals surface area contributed by atoms with Crippen LogP contribution in [0.4, 0.5) is 27.5 Å². The average Bonchev–Trinajstić information content (AvgIpc) is 2.94. The minimum atomic E-state index is -0.503. The van der Waals surface area contributed by atoms with Crippen molar-refractivity contribution in [2.45, 2.75) is 0 Å². The van der Waals surface area contributed by atoms with Gasteiger partial charge in [0.05, 0.1) is 18.0 Å².